The lowest BCUT2D eigenvalue weighted by Crippen LogP contribution is -2.20. The lowest BCUT2D eigenvalue weighted by Gasteiger charge is -2.10. The lowest BCUT2D eigenvalue weighted by molar-refractivity contribution is -0.120. The lowest BCUT2D eigenvalue weighted by atomic mass is 10.0. The van der Waals surface area contributed by atoms with Crippen LogP contribution in [0.25, 0.3) is 16.9 Å². The molecular formula is C20H14F2N4O2S. The fraction of sp³-hybridized carbons (Fsp3) is 0.100. The average molecular weight is 412 g/mol. The molecule has 0 fully saturated rings. The SMILES string of the molecule is CNC(=O)Cc1cc(-c2ccnc3c(C(=O)c4cccs4)cnn23)c(F)cc1F. The Morgan fingerprint density at radius 2 is 2.03 bits per heavy atom. The van der Waals surface area contributed by atoms with Crippen LogP contribution in [0.3, 0.4) is 0 Å². The number of carbonyl (C=O) groups is 2. The van der Waals surface area contributed by atoms with Crippen LogP contribution in [0.2, 0.25) is 0 Å². The number of rotatable bonds is 5. The minimum Gasteiger partial charge on any atom is -0.359 e. The van der Waals surface area contributed by atoms with Crippen molar-refractivity contribution in [2.75, 3.05) is 7.05 Å². The van der Waals surface area contributed by atoms with Crippen molar-refractivity contribution in [2.24, 2.45) is 0 Å². The predicted molar refractivity (Wildman–Crippen MR) is 104 cm³/mol. The van der Waals surface area contributed by atoms with E-state index in [0.29, 0.717) is 4.88 Å². The molecule has 0 aliphatic rings. The molecule has 0 atom stereocenters. The Kier molecular flexibility index (Phi) is 4.89. The molecule has 1 N–H and O–H groups in total. The summed E-state index contributed by atoms with van der Waals surface area (Å²) in [5.41, 5.74) is 0.930. The van der Waals surface area contributed by atoms with Crippen molar-refractivity contribution in [1.29, 1.82) is 0 Å². The summed E-state index contributed by atoms with van der Waals surface area (Å²) in [5.74, 6) is -2.25. The van der Waals surface area contributed by atoms with E-state index in [-0.39, 0.29) is 40.2 Å². The van der Waals surface area contributed by atoms with Gasteiger partial charge in [-0.1, -0.05) is 6.07 Å². The number of likely N-dealkylation sites (N-methyl/N-ethyl adjacent to an activating group) is 1. The van der Waals surface area contributed by atoms with Crippen LogP contribution in [-0.2, 0) is 11.2 Å². The van der Waals surface area contributed by atoms with Crippen LogP contribution in [0.5, 0.6) is 0 Å². The van der Waals surface area contributed by atoms with E-state index in [1.807, 2.05) is 0 Å². The van der Waals surface area contributed by atoms with Gasteiger partial charge in [0.15, 0.2) is 5.65 Å². The van der Waals surface area contributed by atoms with Gasteiger partial charge in [0.1, 0.15) is 11.6 Å². The molecule has 3 heterocycles. The predicted octanol–water partition coefficient (Wildman–Crippen LogP) is 3.26. The molecule has 146 valence electrons. The molecule has 0 unspecified atom stereocenters. The summed E-state index contributed by atoms with van der Waals surface area (Å²) in [6, 6.07) is 6.99. The first-order valence-electron chi connectivity index (χ1n) is 8.59. The molecule has 3 aromatic heterocycles. The molecule has 1 aromatic carbocycles. The van der Waals surface area contributed by atoms with Gasteiger partial charge in [0.2, 0.25) is 11.7 Å². The third-order valence-electron chi connectivity index (χ3n) is 4.43. The molecule has 0 radical (unpaired) electrons. The number of ketones is 1. The second-order valence-electron chi connectivity index (χ2n) is 6.20. The number of nitrogens with one attached hydrogen (secondary N) is 1. The molecule has 9 heteroatoms. The maximum absolute atomic E-state index is 14.6. The molecule has 0 saturated heterocycles. The third-order valence-corrected chi connectivity index (χ3v) is 5.30. The Hall–Kier alpha value is -3.46. The van der Waals surface area contributed by atoms with Gasteiger partial charge in [0, 0.05) is 24.9 Å². The molecule has 0 spiro atoms. The average Bonchev–Trinajstić information content (AvgIpc) is 3.39. The third kappa shape index (κ3) is 3.40. The first kappa shape index (κ1) is 18.9. The van der Waals surface area contributed by atoms with Gasteiger partial charge in [-0.2, -0.15) is 5.10 Å². The van der Waals surface area contributed by atoms with E-state index in [0.717, 1.165) is 6.07 Å². The molecule has 4 rings (SSSR count). The highest BCUT2D eigenvalue weighted by atomic mass is 32.1. The Labute approximate surface area is 167 Å². The van der Waals surface area contributed by atoms with E-state index in [4.69, 9.17) is 0 Å². The van der Waals surface area contributed by atoms with E-state index in [2.05, 4.69) is 15.4 Å². The van der Waals surface area contributed by atoms with E-state index >= 15 is 0 Å². The molecule has 0 saturated carbocycles. The van der Waals surface area contributed by atoms with Gasteiger partial charge in [0.25, 0.3) is 0 Å². The van der Waals surface area contributed by atoms with Crippen molar-refractivity contribution in [3.8, 4) is 11.3 Å². The van der Waals surface area contributed by atoms with Crippen LogP contribution in [-0.4, -0.2) is 33.3 Å². The summed E-state index contributed by atoms with van der Waals surface area (Å²) in [6.07, 6.45) is 2.57. The van der Waals surface area contributed by atoms with Crippen LogP contribution in [0.4, 0.5) is 8.78 Å². The number of hydrogen-bond donors (Lipinski definition) is 1. The molecule has 1 amide bonds. The molecule has 6 nitrogen and oxygen atoms in total. The largest absolute Gasteiger partial charge is 0.359 e. The molecule has 0 aliphatic heterocycles. The number of fused-ring (bicyclic) bond motifs is 1. The van der Waals surface area contributed by atoms with Gasteiger partial charge in [-0.3, -0.25) is 9.59 Å². The van der Waals surface area contributed by atoms with Crippen molar-refractivity contribution in [2.45, 2.75) is 6.42 Å². The minimum atomic E-state index is -0.811. The minimum absolute atomic E-state index is 0.0488. The highest BCUT2D eigenvalue weighted by molar-refractivity contribution is 7.12. The number of hydrogen-bond acceptors (Lipinski definition) is 5. The summed E-state index contributed by atoms with van der Waals surface area (Å²) in [6.45, 7) is 0. The van der Waals surface area contributed by atoms with Gasteiger partial charge < -0.3 is 5.32 Å². The van der Waals surface area contributed by atoms with E-state index < -0.39 is 17.5 Å². The topological polar surface area (TPSA) is 76.4 Å². The number of aromatic nitrogens is 3. The molecule has 0 bridgehead atoms. The number of nitrogens with zero attached hydrogens (tertiary/aromatic N) is 3. The number of thiophene rings is 1. The van der Waals surface area contributed by atoms with Crippen molar-refractivity contribution in [3.63, 3.8) is 0 Å². The molecule has 0 aliphatic carbocycles. The van der Waals surface area contributed by atoms with Crippen molar-refractivity contribution < 1.29 is 18.4 Å². The van der Waals surface area contributed by atoms with Gasteiger partial charge >= 0.3 is 0 Å². The highest BCUT2D eigenvalue weighted by Crippen LogP contribution is 2.28. The van der Waals surface area contributed by atoms with Crippen LogP contribution in [0.15, 0.2) is 48.1 Å². The van der Waals surface area contributed by atoms with Crippen LogP contribution in [0.1, 0.15) is 20.8 Å². The molecule has 4 aromatic rings. The summed E-state index contributed by atoms with van der Waals surface area (Å²) in [7, 11) is 1.44. The van der Waals surface area contributed by atoms with E-state index in [1.54, 1.807) is 17.5 Å². The van der Waals surface area contributed by atoms with Crippen molar-refractivity contribution in [1.82, 2.24) is 19.9 Å². The quantitative estimate of drug-likeness (QED) is 0.511. The number of benzene rings is 1. The van der Waals surface area contributed by atoms with Gasteiger partial charge in [-0.25, -0.2) is 18.3 Å². The molecular weight excluding hydrogens is 398 g/mol. The van der Waals surface area contributed by atoms with E-state index in [9.17, 15) is 18.4 Å². The standard InChI is InChI=1S/C20H14F2N4O2S/c1-23-18(27)8-11-7-12(15(22)9-14(11)21)16-4-5-24-20-13(10-25-26(16)20)19(28)17-3-2-6-29-17/h2-7,9-10H,8H2,1H3,(H,23,27). The maximum Gasteiger partial charge on any atom is 0.224 e. The fourth-order valence-corrected chi connectivity index (χ4v) is 3.66. The first-order valence-corrected chi connectivity index (χ1v) is 9.47. The number of carbonyl (C=O) groups excluding carboxylic acids is 2. The zero-order valence-electron chi connectivity index (χ0n) is 15.1. The van der Waals surface area contributed by atoms with Gasteiger partial charge in [-0.15, -0.1) is 11.3 Å². The Balaban J connectivity index is 1.84. The van der Waals surface area contributed by atoms with Crippen LogP contribution >= 0.6 is 11.3 Å². The number of amides is 1. The Morgan fingerprint density at radius 3 is 2.76 bits per heavy atom. The Bertz CT molecular complexity index is 1230. The number of halogens is 2. The normalized spacial score (nSPS) is 11.0. The monoisotopic (exact) mass is 412 g/mol. The van der Waals surface area contributed by atoms with Crippen LogP contribution in [0, 0.1) is 11.6 Å². The molecule has 29 heavy (non-hydrogen) atoms. The fourth-order valence-electron chi connectivity index (χ4n) is 2.98. The summed E-state index contributed by atoms with van der Waals surface area (Å²) >= 11 is 1.30. The highest BCUT2D eigenvalue weighted by Gasteiger charge is 2.21. The Morgan fingerprint density at radius 1 is 1.21 bits per heavy atom. The smallest absolute Gasteiger partial charge is 0.224 e. The first-order chi connectivity index (χ1) is 14.0. The zero-order chi connectivity index (χ0) is 20.5. The van der Waals surface area contributed by atoms with Crippen molar-refractivity contribution >= 4 is 28.7 Å². The summed E-state index contributed by atoms with van der Waals surface area (Å²) in [4.78, 5) is 29.1. The second kappa shape index (κ2) is 7.51. The zero-order valence-corrected chi connectivity index (χ0v) is 16.0. The van der Waals surface area contributed by atoms with Crippen molar-refractivity contribution in [3.05, 3.63) is 75.7 Å². The van der Waals surface area contributed by atoms with Gasteiger partial charge in [-0.05, 0) is 29.1 Å². The second-order valence-corrected chi connectivity index (χ2v) is 7.15. The summed E-state index contributed by atoms with van der Waals surface area (Å²) in [5, 5.41) is 8.40. The maximum atomic E-state index is 14.6. The van der Waals surface area contributed by atoms with Crippen LogP contribution < -0.4 is 5.32 Å². The van der Waals surface area contributed by atoms with Gasteiger partial charge in [0.05, 0.1) is 28.8 Å². The van der Waals surface area contributed by atoms with E-state index in [1.165, 1.54) is 47.4 Å². The summed E-state index contributed by atoms with van der Waals surface area (Å²) < 4.78 is 30.0.